The summed E-state index contributed by atoms with van der Waals surface area (Å²) in [5, 5.41) is 4.01. The maximum absolute atomic E-state index is 13.3. The quantitative estimate of drug-likeness (QED) is 0.360. The average molecular weight is 577 g/mol. The molecular weight excluding hydrogens is 545 g/mol. The van der Waals surface area contributed by atoms with E-state index in [0.29, 0.717) is 10.0 Å². The van der Waals surface area contributed by atoms with Crippen molar-refractivity contribution in [2.75, 3.05) is 17.1 Å². The molecule has 2 aromatic carbocycles. The Morgan fingerprint density at radius 2 is 1.69 bits per heavy atom. The Labute approximate surface area is 228 Å². The Morgan fingerprint density at radius 1 is 1.03 bits per heavy atom. The van der Waals surface area contributed by atoms with Crippen LogP contribution in [0.2, 0.25) is 15.1 Å². The minimum Gasteiger partial charge on any atom is -0.352 e. The highest BCUT2D eigenvalue weighted by Crippen LogP contribution is 2.31. The third kappa shape index (κ3) is 8.83. The van der Waals surface area contributed by atoms with E-state index in [1.165, 1.54) is 17.0 Å². The predicted octanol–water partition coefficient (Wildman–Crippen LogP) is 5.53. The smallest absolute Gasteiger partial charge is 0.242 e. The molecule has 0 spiro atoms. The number of benzene rings is 2. The maximum Gasteiger partial charge on any atom is 0.242 e. The molecule has 7 nitrogen and oxygen atoms in total. The minimum atomic E-state index is -3.69. The molecule has 0 unspecified atom stereocenters. The molecule has 0 aromatic heterocycles. The second-order valence-corrected chi connectivity index (χ2v) is 11.9. The number of hydrogen-bond donors (Lipinski definition) is 1. The lowest BCUT2D eigenvalue weighted by Gasteiger charge is -2.30. The van der Waals surface area contributed by atoms with Gasteiger partial charge in [0.15, 0.2) is 0 Å². The third-order valence-electron chi connectivity index (χ3n) is 5.74. The highest BCUT2D eigenvalue weighted by Gasteiger charge is 2.27. The SMILES string of the molecule is CC[C@H](C)NC(=O)[C@H](C)N(Cc1cccc(Cl)c1)C(=O)CCCN(c1cc(Cl)ccc1Cl)S(C)(=O)=O. The lowest BCUT2D eigenvalue weighted by atomic mass is 10.1. The van der Waals surface area contributed by atoms with E-state index in [1.54, 1.807) is 31.2 Å². The topological polar surface area (TPSA) is 86.8 Å². The molecule has 0 bridgehead atoms. The molecule has 2 rings (SSSR count). The van der Waals surface area contributed by atoms with Crippen molar-refractivity contribution in [3.05, 3.63) is 63.1 Å². The molecule has 0 saturated carbocycles. The minimum absolute atomic E-state index is 0.0170. The molecule has 0 radical (unpaired) electrons. The Hall–Kier alpha value is -2.00. The summed E-state index contributed by atoms with van der Waals surface area (Å²) in [7, 11) is -3.69. The number of nitrogens with one attached hydrogen (secondary N) is 1. The molecule has 0 aliphatic carbocycles. The summed E-state index contributed by atoms with van der Waals surface area (Å²) < 4.78 is 26.1. The fraction of sp³-hybridized carbons (Fsp3) is 0.440. The lowest BCUT2D eigenvalue weighted by molar-refractivity contribution is -0.140. The van der Waals surface area contributed by atoms with Gasteiger partial charge in [-0.05, 0) is 62.6 Å². The van der Waals surface area contributed by atoms with Gasteiger partial charge in [-0.25, -0.2) is 8.42 Å². The van der Waals surface area contributed by atoms with Gasteiger partial charge in [0.1, 0.15) is 6.04 Å². The van der Waals surface area contributed by atoms with Crippen LogP contribution in [0.25, 0.3) is 0 Å². The van der Waals surface area contributed by atoms with Gasteiger partial charge in [-0.3, -0.25) is 13.9 Å². The second-order valence-electron chi connectivity index (χ2n) is 8.68. The summed E-state index contributed by atoms with van der Waals surface area (Å²) in [6, 6.07) is 10.9. The van der Waals surface area contributed by atoms with Crippen LogP contribution >= 0.6 is 34.8 Å². The number of amides is 2. The van der Waals surface area contributed by atoms with Crippen LogP contribution in [0.1, 0.15) is 45.6 Å². The standard InChI is InChI=1S/C25H32Cl3N3O4S/c1-5-17(2)29-25(33)18(3)30(16-19-8-6-9-20(26)14-19)24(32)10-7-13-31(36(4,34)35)23-15-21(27)11-12-22(23)28/h6,8-9,11-12,14-15,17-18H,5,7,10,13,16H2,1-4H3,(H,29,33)/t17-,18-/m0/s1. The summed E-state index contributed by atoms with van der Waals surface area (Å²) in [6.45, 7) is 5.74. The van der Waals surface area contributed by atoms with Crippen LogP contribution in [0.15, 0.2) is 42.5 Å². The van der Waals surface area contributed by atoms with Gasteiger partial charge in [0.05, 0.1) is 17.0 Å². The van der Waals surface area contributed by atoms with Gasteiger partial charge in [0, 0.05) is 35.6 Å². The first kappa shape index (κ1) is 30.2. The highest BCUT2D eigenvalue weighted by atomic mass is 35.5. The number of halogens is 3. The normalized spacial score (nSPS) is 13.1. The number of carbonyl (C=O) groups is 2. The lowest BCUT2D eigenvalue weighted by Crippen LogP contribution is -2.49. The van der Waals surface area contributed by atoms with Crippen molar-refractivity contribution in [2.45, 2.75) is 58.7 Å². The summed E-state index contributed by atoms with van der Waals surface area (Å²) in [4.78, 5) is 27.6. The van der Waals surface area contributed by atoms with Crippen molar-refractivity contribution >= 4 is 62.3 Å². The Balaban J connectivity index is 2.21. The molecule has 36 heavy (non-hydrogen) atoms. The van der Waals surface area contributed by atoms with Crippen LogP contribution < -0.4 is 9.62 Å². The summed E-state index contributed by atoms with van der Waals surface area (Å²) in [6.07, 6.45) is 2.05. The monoisotopic (exact) mass is 575 g/mol. The molecule has 0 aliphatic heterocycles. The van der Waals surface area contributed by atoms with Crippen molar-refractivity contribution in [1.29, 1.82) is 0 Å². The molecule has 2 aromatic rings. The Morgan fingerprint density at radius 3 is 2.31 bits per heavy atom. The number of carbonyl (C=O) groups excluding carboxylic acids is 2. The zero-order valence-corrected chi connectivity index (χ0v) is 23.9. The fourth-order valence-corrected chi connectivity index (χ4v) is 5.16. The van der Waals surface area contributed by atoms with Crippen molar-refractivity contribution in [2.24, 2.45) is 0 Å². The van der Waals surface area contributed by atoms with Crippen molar-refractivity contribution in [3.63, 3.8) is 0 Å². The van der Waals surface area contributed by atoms with Crippen LogP contribution in [0, 0.1) is 0 Å². The zero-order chi connectivity index (χ0) is 27.0. The number of anilines is 1. The van der Waals surface area contributed by atoms with E-state index in [0.717, 1.165) is 22.5 Å². The van der Waals surface area contributed by atoms with Gasteiger partial charge in [-0.2, -0.15) is 0 Å². The average Bonchev–Trinajstić information content (AvgIpc) is 2.80. The summed E-state index contributed by atoms with van der Waals surface area (Å²) in [5.41, 5.74) is 1.03. The van der Waals surface area contributed by atoms with E-state index in [4.69, 9.17) is 34.8 Å². The predicted molar refractivity (Wildman–Crippen MR) is 147 cm³/mol. The van der Waals surface area contributed by atoms with Crippen LogP contribution in [0.5, 0.6) is 0 Å². The van der Waals surface area contributed by atoms with Crippen molar-refractivity contribution < 1.29 is 18.0 Å². The summed E-state index contributed by atoms with van der Waals surface area (Å²) >= 11 is 18.4. The van der Waals surface area contributed by atoms with E-state index < -0.39 is 16.1 Å². The van der Waals surface area contributed by atoms with Crippen LogP contribution in [-0.4, -0.2) is 50.0 Å². The first-order valence-corrected chi connectivity index (χ1v) is 14.6. The Bertz CT molecular complexity index is 1180. The Kier molecular flexibility index (Phi) is 11.3. The molecule has 0 fully saturated rings. The molecular formula is C25H32Cl3N3O4S. The fourth-order valence-electron chi connectivity index (χ4n) is 3.54. The van der Waals surface area contributed by atoms with E-state index in [-0.39, 0.29) is 54.5 Å². The summed E-state index contributed by atoms with van der Waals surface area (Å²) in [5.74, 6) is -0.546. The van der Waals surface area contributed by atoms with Crippen molar-refractivity contribution in [3.8, 4) is 0 Å². The van der Waals surface area contributed by atoms with E-state index in [9.17, 15) is 18.0 Å². The molecule has 198 valence electrons. The van der Waals surface area contributed by atoms with Gasteiger partial charge in [-0.15, -0.1) is 0 Å². The van der Waals surface area contributed by atoms with E-state index in [1.807, 2.05) is 19.9 Å². The van der Waals surface area contributed by atoms with Gasteiger partial charge in [0.2, 0.25) is 21.8 Å². The van der Waals surface area contributed by atoms with E-state index in [2.05, 4.69) is 5.32 Å². The highest BCUT2D eigenvalue weighted by molar-refractivity contribution is 7.92. The number of nitrogens with zero attached hydrogens (tertiary/aromatic N) is 2. The van der Waals surface area contributed by atoms with Crippen LogP contribution in [0.3, 0.4) is 0 Å². The van der Waals surface area contributed by atoms with Gasteiger partial charge >= 0.3 is 0 Å². The maximum atomic E-state index is 13.3. The zero-order valence-electron chi connectivity index (χ0n) is 20.8. The van der Waals surface area contributed by atoms with Crippen molar-refractivity contribution in [1.82, 2.24) is 10.2 Å². The number of hydrogen-bond acceptors (Lipinski definition) is 4. The number of sulfonamides is 1. The molecule has 2 amide bonds. The largest absolute Gasteiger partial charge is 0.352 e. The molecule has 0 saturated heterocycles. The number of rotatable bonds is 12. The van der Waals surface area contributed by atoms with E-state index >= 15 is 0 Å². The first-order chi connectivity index (χ1) is 16.8. The molecule has 11 heteroatoms. The van der Waals surface area contributed by atoms with Gasteiger partial charge in [-0.1, -0.05) is 53.9 Å². The van der Waals surface area contributed by atoms with Crippen LogP contribution in [-0.2, 0) is 26.2 Å². The first-order valence-electron chi connectivity index (χ1n) is 11.6. The molecule has 1 N–H and O–H groups in total. The molecule has 2 atom stereocenters. The van der Waals surface area contributed by atoms with Gasteiger partial charge in [0.25, 0.3) is 0 Å². The second kappa shape index (κ2) is 13.5. The molecule has 0 heterocycles. The molecule has 0 aliphatic rings. The van der Waals surface area contributed by atoms with Crippen LogP contribution in [0.4, 0.5) is 5.69 Å². The van der Waals surface area contributed by atoms with Gasteiger partial charge < -0.3 is 10.2 Å². The third-order valence-corrected chi connectivity index (χ3v) is 7.71.